The lowest BCUT2D eigenvalue weighted by atomic mass is 10.2. The van der Waals surface area contributed by atoms with Gasteiger partial charge in [-0.25, -0.2) is 0 Å². The molecule has 1 N–H and O–H groups in total. The number of ether oxygens (including phenoxy) is 3. The summed E-state index contributed by atoms with van der Waals surface area (Å²) in [5.74, 6) is 1.39. The molecule has 7 nitrogen and oxygen atoms in total. The topological polar surface area (TPSA) is 77.1 Å². The van der Waals surface area contributed by atoms with Gasteiger partial charge >= 0.3 is 0 Å². The summed E-state index contributed by atoms with van der Waals surface area (Å²) in [5.41, 5.74) is 0.405. The maximum Gasteiger partial charge on any atom is 0.255 e. The van der Waals surface area contributed by atoms with Crippen LogP contribution in [0.2, 0.25) is 0 Å². The van der Waals surface area contributed by atoms with E-state index in [-0.39, 0.29) is 18.4 Å². The first-order valence-corrected chi connectivity index (χ1v) is 9.06. The lowest BCUT2D eigenvalue weighted by molar-refractivity contribution is -0.129. The Morgan fingerprint density at radius 1 is 1.00 bits per heavy atom. The molecule has 28 heavy (non-hydrogen) atoms. The molecule has 0 aliphatic rings. The maximum atomic E-state index is 12.3. The lowest BCUT2D eigenvalue weighted by Crippen LogP contribution is -2.39. The van der Waals surface area contributed by atoms with Gasteiger partial charge in [0.05, 0.1) is 32.4 Å². The summed E-state index contributed by atoms with van der Waals surface area (Å²) in [4.78, 5) is 26.1. The normalized spacial score (nSPS) is 10.1. The number of amides is 2. The molecule has 150 valence electrons. The molecule has 2 aromatic rings. The fraction of sp³-hybridized carbons (Fsp3) is 0.333. The van der Waals surface area contributed by atoms with Crippen LogP contribution >= 0.6 is 0 Å². The van der Waals surface area contributed by atoms with Gasteiger partial charge in [0.2, 0.25) is 5.91 Å². The molecule has 0 bridgehead atoms. The van der Waals surface area contributed by atoms with E-state index in [4.69, 9.17) is 14.2 Å². The van der Waals surface area contributed by atoms with E-state index in [0.717, 1.165) is 5.75 Å². The van der Waals surface area contributed by atoms with Crippen molar-refractivity contribution in [2.75, 3.05) is 40.5 Å². The Morgan fingerprint density at radius 2 is 1.68 bits per heavy atom. The third-order valence-corrected chi connectivity index (χ3v) is 4.01. The van der Waals surface area contributed by atoms with Gasteiger partial charge in [-0.15, -0.1) is 0 Å². The van der Waals surface area contributed by atoms with Gasteiger partial charge in [-0.05, 0) is 43.3 Å². The highest BCUT2D eigenvalue weighted by molar-refractivity contribution is 5.98. The fourth-order valence-electron chi connectivity index (χ4n) is 2.42. The highest BCUT2D eigenvalue weighted by Gasteiger charge is 2.15. The second-order valence-corrected chi connectivity index (χ2v) is 5.95. The molecule has 7 heteroatoms. The smallest absolute Gasteiger partial charge is 0.255 e. The third kappa shape index (κ3) is 6.19. The molecule has 0 radical (unpaired) electrons. The van der Waals surface area contributed by atoms with Crippen LogP contribution in [0.4, 0.5) is 0 Å². The van der Waals surface area contributed by atoms with Crippen LogP contribution in [-0.2, 0) is 4.79 Å². The van der Waals surface area contributed by atoms with Crippen LogP contribution in [0.25, 0.3) is 0 Å². The first-order chi connectivity index (χ1) is 13.5. The number of likely N-dealkylation sites (N-methyl/N-ethyl adjacent to an activating group) is 1. The van der Waals surface area contributed by atoms with Crippen molar-refractivity contribution < 1.29 is 23.8 Å². The van der Waals surface area contributed by atoms with Crippen molar-refractivity contribution in [2.24, 2.45) is 0 Å². The Hall–Kier alpha value is -3.22. The quantitative estimate of drug-likeness (QED) is 0.678. The number of carbonyl (C=O) groups excluding carboxylic acids is 2. The highest BCUT2D eigenvalue weighted by atomic mass is 16.5. The second-order valence-electron chi connectivity index (χ2n) is 5.95. The third-order valence-electron chi connectivity index (χ3n) is 4.01. The number of hydrogen-bond donors (Lipinski definition) is 1. The number of hydrogen-bond acceptors (Lipinski definition) is 5. The summed E-state index contributed by atoms with van der Waals surface area (Å²) in [6.07, 6.45) is 0. The zero-order chi connectivity index (χ0) is 20.4. The Morgan fingerprint density at radius 3 is 2.36 bits per heavy atom. The average Bonchev–Trinajstić information content (AvgIpc) is 2.72. The maximum absolute atomic E-state index is 12.3. The van der Waals surface area contributed by atoms with Crippen LogP contribution < -0.4 is 19.5 Å². The molecule has 0 aliphatic carbocycles. The van der Waals surface area contributed by atoms with E-state index in [1.807, 2.05) is 6.92 Å². The summed E-state index contributed by atoms with van der Waals surface area (Å²) in [5, 5.41) is 2.63. The van der Waals surface area contributed by atoms with Crippen LogP contribution in [-0.4, -0.2) is 57.2 Å². The van der Waals surface area contributed by atoms with E-state index in [1.54, 1.807) is 62.7 Å². The van der Waals surface area contributed by atoms with E-state index in [9.17, 15) is 9.59 Å². The van der Waals surface area contributed by atoms with Gasteiger partial charge in [0, 0.05) is 7.05 Å². The number of para-hydroxylation sites is 1. The molecule has 0 aromatic heterocycles. The standard InChI is InChI=1S/C21H26N2O5/c1-4-27-19-8-6-5-7-18(19)21(25)22-15-20(24)23(2)13-14-28-17-11-9-16(26-3)10-12-17/h5-12H,4,13-15H2,1-3H3,(H,22,25). The first kappa shape index (κ1) is 21.1. The molecule has 2 amide bonds. The van der Waals surface area contributed by atoms with Crippen molar-refractivity contribution >= 4 is 11.8 Å². The number of nitrogens with zero attached hydrogens (tertiary/aromatic N) is 1. The lowest BCUT2D eigenvalue weighted by Gasteiger charge is -2.18. The van der Waals surface area contributed by atoms with Crippen molar-refractivity contribution in [1.82, 2.24) is 10.2 Å². The first-order valence-electron chi connectivity index (χ1n) is 9.06. The molecule has 0 saturated carbocycles. The number of nitrogens with one attached hydrogen (secondary N) is 1. The minimum Gasteiger partial charge on any atom is -0.497 e. The molecule has 0 atom stereocenters. The van der Waals surface area contributed by atoms with Gasteiger partial charge < -0.3 is 24.4 Å². The Bertz CT molecular complexity index is 777. The summed E-state index contributed by atoms with van der Waals surface area (Å²) in [6, 6.07) is 14.2. The van der Waals surface area contributed by atoms with Crippen molar-refractivity contribution in [2.45, 2.75) is 6.92 Å². The van der Waals surface area contributed by atoms with Gasteiger partial charge in [-0.3, -0.25) is 9.59 Å². The summed E-state index contributed by atoms with van der Waals surface area (Å²) >= 11 is 0. The zero-order valence-electron chi connectivity index (χ0n) is 16.4. The molecule has 2 aromatic carbocycles. The van der Waals surface area contributed by atoms with E-state index in [1.165, 1.54) is 4.90 Å². The number of rotatable bonds is 10. The van der Waals surface area contributed by atoms with Crippen LogP contribution in [0, 0.1) is 0 Å². The van der Waals surface area contributed by atoms with E-state index in [2.05, 4.69) is 5.32 Å². The van der Waals surface area contributed by atoms with E-state index < -0.39 is 0 Å². The number of benzene rings is 2. The average molecular weight is 386 g/mol. The van der Waals surface area contributed by atoms with Crippen LogP contribution in [0.3, 0.4) is 0 Å². The molecule has 0 spiro atoms. The zero-order valence-corrected chi connectivity index (χ0v) is 16.4. The predicted molar refractivity (Wildman–Crippen MR) is 106 cm³/mol. The minimum absolute atomic E-state index is 0.0989. The molecule has 0 fully saturated rings. The van der Waals surface area contributed by atoms with Crippen LogP contribution in [0.1, 0.15) is 17.3 Å². The molecule has 0 aliphatic heterocycles. The SMILES string of the molecule is CCOc1ccccc1C(=O)NCC(=O)N(C)CCOc1ccc(OC)cc1. The molecule has 0 saturated heterocycles. The summed E-state index contributed by atoms with van der Waals surface area (Å²) in [7, 11) is 3.27. The van der Waals surface area contributed by atoms with Crippen molar-refractivity contribution in [3.8, 4) is 17.2 Å². The molecular weight excluding hydrogens is 360 g/mol. The van der Waals surface area contributed by atoms with Crippen molar-refractivity contribution in [3.63, 3.8) is 0 Å². The van der Waals surface area contributed by atoms with Crippen LogP contribution in [0.5, 0.6) is 17.2 Å². The molecule has 0 unspecified atom stereocenters. The summed E-state index contributed by atoms with van der Waals surface area (Å²) < 4.78 is 16.1. The Kier molecular flexibility index (Phi) is 8.14. The second kappa shape index (κ2) is 10.8. The van der Waals surface area contributed by atoms with Gasteiger partial charge in [-0.2, -0.15) is 0 Å². The Balaban J connectivity index is 1.76. The van der Waals surface area contributed by atoms with Gasteiger partial charge in [0.25, 0.3) is 5.91 Å². The number of carbonyl (C=O) groups is 2. The fourth-order valence-corrected chi connectivity index (χ4v) is 2.42. The summed E-state index contributed by atoms with van der Waals surface area (Å²) in [6.45, 7) is 2.95. The minimum atomic E-state index is -0.347. The predicted octanol–water partition coefficient (Wildman–Crippen LogP) is 2.36. The van der Waals surface area contributed by atoms with Gasteiger partial charge in [-0.1, -0.05) is 12.1 Å². The largest absolute Gasteiger partial charge is 0.497 e. The van der Waals surface area contributed by atoms with E-state index >= 15 is 0 Å². The Labute approximate surface area is 165 Å². The molecular formula is C21H26N2O5. The van der Waals surface area contributed by atoms with Gasteiger partial charge in [0.1, 0.15) is 23.9 Å². The number of methoxy groups -OCH3 is 1. The monoisotopic (exact) mass is 386 g/mol. The van der Waals surface area contributed by atoms with Crippen LogP contribution in [0.15, 0.2) is 48.5 Å². The van der Waals surface area contributed by atoms with Gasteiger partial charge in [0.15, 0.2) is 0 Å². The van der Waals surface area contributed by atoms with Crippen molar-refractivity contribution in [3.05, 3.63) is 54.1 Å². The van der Waals surface area contributed by atoms with Crippen molar-refractivity contribution in [1.29, 1.82) is 0 Å². The molecule has 0 heterocycles. The molecule has 2 rings (SSSR count). The van der Waals surface area contributed by atoms with E-state index in [0.29, 0.717) is 36.8 Å². The highest BCUT2D eigenvalue weighted by Crippen LogP contribution is 2.18.